The van der Waals surface area contributed by atoms with E-state index in [0.29, 0.717) is 0 Å². The number of aromatic nitrogens is 2. The summed E-state index contributed by atoms with van der Waals surface area (Å²) in [6, 6.07) is 108. The summed E-state index contributed by atoms with van der Waals surface area (Å²) in [6.45, 7) is 35.0. The van der Waals surface area contributed by atoms with Gasteiger partial charge in [0.2, 0.25) is 0 Å². The Labute approximate surface area is 616 Å². The fourth-order valence-electron chi connectivity index (χ4n) is 16.9. The summed E-state index contributed by atoms with van der Waals surface area (Å²) in [4.78, 5) is 5.45. The molecule has 0 amide bonds. The fraction of sp³-hybridized carbons (Fsp3) is 0.212. The van der Waals surface area contributed by atoms with Crippen LogP contribution in [0.5, 0.6) is 0 Å². The number of rotatable bonds is 9. The molecular weight excluding hydrogens is 1260 g/mol. The van der Waals surface area contributed by atoms with E-state index in [1.165, 1.54) is 99.2 Å². The van der Waals surface area contributed by atoms with Crippen molar-refractivity contribution in [2.75, 3.05) is 9.80 Å². The summed E-state index contributed by atoms with van der Waals surface area (Å²) >= 11 is 0. The topological polar surface area (TPSA) is 16.3 Å². The van der Waals surface area contributed by atoms with Crippen molar-refractivity contribution < 1.29 is 0 Å². The van der Waals surface area contributed by atoms with Gasteiger partial charge in [0, 0.05) is 77.9 Å². The van der Waals surface area contributed by atoms with Crippen LogP contribution < -0.4 is 26.2 Å². The molecule has 0 atom stereocenters. The summed E-state index contributed by atoms with van der Waals surface area (Å²) in [5.41, 5.74) is 33.2. The van der Waals surface area contributed by atoms with Crippen LogP contribution in [0.15, 0.2) is 279 Å². The first-order valence-electron chi connectivity index (χ1n) is 37.5. The van der Waals surface area contributed by atoms with E-state index in [4.69, 9.17) is 0 Å². The summed E-state index contributed by atoms with van der Waals surface area (Å²) in [5.74, 6) is 0. The Morgan fingerprint density at radius 1 is 0.269 bits per heavy atom. The molecule has 0 aliphatic carbocycles. The minimum absolute atomic E-state index is 0.0492. The van der Waals surface area contributed by atoms with E-state index in [1.54, 1.807) is 0 Å². The van der Waals surface area contributed by atoms with Gasteiger partial charge in [0.15, 0.2) is 0 Å². The zero-order chi connectivity index (χ0) is 72.1. The SMILES string of the molecule is CC(C)(C)Cc1cc2c3c(c1)N(c1c(-c4ccccc4)cccc1-c1ccccc1)c1cc(-n4c5ccc(C(C)(C)C)cc5c5cc(C(C)(C)C)ccc54)ccc1B3c1ccc(-n3c4ccc(C(C)(C)C)cc4c4cc(C(C)(C)C)ccc43)cc1N2c1c(-c2ccccc2)cccc1-c1ccccc1. The van der Waals surface area contributed by atoms with Crippen LogP contribution in [0, 0.1) is 5.41 Å². The Bertz CT molecular complexity index is 5290. The molecule has 4 heterocycles. The number of anilines is 6. The van der Waals surface area contributed by atoms with Gasteiger partial charge in [-0.25, -0.2) is 0 Å². The Hall–Kier alpha value is -10.9. The van der Waals surface area contributed by atoms with Crippen LogP contribution in [0.4, 0.5) is 34.1 Å². The molecular formula is C99H93BN4. The minimum Gasteiger partial charge on any atom is -0.310 e. The van der Waals surface area contributed by atoms with Crippen LogP contribution >= 0.6 is 0 Å². The zero-order valence-electron chi connectivity index (χ0n) is 63.1. The summed E-state index contributed by atoms with van der Waals surface area (Å²) in [6.07, 6.45) is 0.833. The Balaban J connectivity index is 1.04. The highest BCUT2D eigenvalue weighted by Crippen LogP contribution is 2.54. The first kappa shape index (κ1) is 66.4. The van der Waals surface area contributed by atoms with Crippen LogP contribution in [-0.2, 0) is 28.1 Å². The largest absolute Gasteiger partial charge is 0.310 e. The van der Waals surface area contributed by atoms with Gasteiger partial charge in [0.25, 0.3) is 6.71 Å². The Morgan fingerprint density at radius 2 is 0.558 bits per heavy atom. The molecule has 0 unspecified atom stereocenters. The van der Waals surface area contributed by atoms with Gasteiger partial charge in [-0.15, -0.1) is 0 Å². The third-order valence-electron chi connectivity index (χ3n) is 22.2. The molecule has 17 rings (SSSR count). The second-order valence-corrected chi connectivity index (χ2v) is 34.8. The van der Waals surface area contributed by atoms with E-state index in [-0.39, 0.29) is 33.8 Å². The van der Waals surface area contributed by atoms with E-state index in [0.717, 1.165) is 85.1 Å². The van der Waals surface area contributed by atoms with Gasteiger partial charge in [-0.1, -0.05) is 298 Å². The molecule has 15 aromatic rings. The van der Waals surface area contributed by atoms with Crippen molar-refractivity contribution in [1.82, 2.24) is 9.13 Å². The molecule has 0 saturated carbocycles. The number of hydrogen-bond donors (Lipinski definition) is 0. The highest BCUT2D eigenvalue weighted by atomic mass is 15.2. The quantitative estimate of drug-likeness (QED) is 0.134. The molecule has 104 heavy (non-hydrogen) atoms. The predicted octanol–water partition coefficient (Wildman–Crippen LogP) is 25.4. The number of benzene rings is 13. The van der Waals surface area contributed by atoms with E-state index in [2.05, 4.69) is 402 Å². The molecule has 0 spiro atoms. The van der Waals surface area contributed by atoms with Gasteiger partial charge >= 0.3 is 0 Å². The van der Waals surface area contributed by atoms with Crippen molar-refractivity contribution >= 4 is 101 Å². The standard InChI is InChI=1S/C99H93BN4/c1-95(2,3)62-63-54-90-92-91(55-63)104(94-76(66-34-24-18-25-35-66)40-29-41-77(94)67-36-26-19-27-37-67)89-61-73(102-86-52-44-70(98(10,11)12)58-80(86)81-59-71(99(13,14)15)45-53-87(81)102)47-49-83(89)100(92)82-48-46-72(101-84-50-42-68(96(4,5)6)56-78(84)79-57-69(97(7,8)9)43-51-85(79)101)60-88(82)103(90)93-74(64-30-20-16-21-31-64)38-28-39-75(93)65-32-22-17-23-33-65/h16-61H,62H2,1-15H3. The van der Waals surface area contributed by atoms with Gasteiger partial charge in [0.1, 0.15) is 0 Å². The molecule has 5 heteroatoms. The smallest absolute Gasteiger partial charge is 0.252 e. The average molecular weight is 1350 g/mol. The molecule has 2 aliphatic heterocycles. The second-order valence-electron chi connectivity index (χ2n) is 34.8. The van der Waals surface area contributed by atoms with Crippen molar-refractivity contribution in [2.45, 2.75) is 132 Å². The van der Waals surface area contributed by atoms with Crippen LogP contribution in [0.25, 0.3) is 99.5 Å². The van der Waals surface area contributed by atoms with Gasteiger partial charge in [-0.3, -0.25) is 0 Å². The van der Waals surface area contributed by atoms with E-state index < -0.39 is 0 Å². The molecule has 512 valence electrons. The van der Waals surface area contributed by atoms with Crippen molar-refractivity contribution in [3.63, 3.8) is 0 Å². The van der Waals surface area contributed by atoms with Crippen molar-refractivity contribution in [1.29, 1.82) is 0 Å². The maximum absolute atomic E-state index is 2.73. The van der Waals surface area contributed by atoms with E-state index in [9.17, 15) is 0 Å². The minimum atomic E-state index is -0.221. The van der Waals surface area contributed by atoms with E-state index in [1.807, 2.05) is 0 Å². The maximum Gasteiger partial charge on any atom is 0.252 e. The highest BCUT2D eigenvalue weighted by molar-refractivity contribution is 7.00. The average Bonchev–Trinajstić information content (AvgIpc) is 0.772. The van der Waals surface area contributed by atoms with Crippen LogP contribution in [0.1, 0.15) is 132 Å². The third kappa shape index (κ3) is 11.3. The van der Waals surface area contributed by atoms with Crippen LogP contribution in [0.2, 0.25) is 0 Å². The van der Waals surface area contributed by atoms with E-state index >= 15 is 0 Å². The Kier molecular flexibility index (Phi) is 15.6. The number of fused-ring (bicyclic) bond motifs is 10. The molecule has 2 aromatic heterocycles. The lowest BCUT2D eigenvalue weighted by Gasteiger charge is -2.46. The zero-order valence-corrected chi connectivity index (χ0v) is 63.1. The van der Waals surface area contributed by atoms with Gasteiger partial charge in [0.05, 0.1) is 33.4 Å². The monoisotopic (exact) mass is 1350 g/mol. The molecule has 0 fully saturated rings. The maximum atomic E-state index is 2.73. The molecule has 0 bridgehead atoms. The van der Waals surface area contributed by atoms with Crippen LogP contribution in [0.3, 0.4) is 0 Å². The second kappa shape index (κ2) is 24.4. The first-order valence-corrected chi connectivity index (χ1v) is 37.5. The van der Waals surface area contributed by atoms with Gasteiger partial charge in [-0.2, -0.15) is 0 Å². The lowest BCUT2D eigenvalue weighted by Crippen LogP contribution is -2.61. The van der Waals surface area contributed by atoms with Gasteiger partial charge < -0.3 is 18.9 Å². The van der Waals surface area contributed by atoms with Crippen molar-refractivity contribution in [3.05, 3.63) is 307 Å². The van der Waals surface area contributed by atoms with Crippen LogP contribution in [-0.4, -0.2) is 15.8 Å². The number of hydrogen-bond acceptors (Lipinski definition) is 2. The summed E-state index contributed by atoms with van der Waals surface area (Å²) in [5, 5.41) is 5.08. The van der Waals surface area contributed by atoms with Crippen molar-refractivity contribution in [3.8, 4) is 55.9 Å². The molecule has 0 radical (unpaired) electrons. The van der Waals surface area contributed by atoms with Crippen molar-refractivity contribution in [2.24, 2.45) is 5.41 Å². The lowest BCUT2D eigenvalue weighted by molar-refractivity contribution is 0.411. The molecule has 4 nitrogen and oxygen atoms in total. The normalized spacial score (nSPS) is 13.3. The number of nitrogens with zero attached hydrogens (tertiary/aromatic N) is 4. The lowest BCUT2D eigenvalue weighted by atomic mass is 9.33. The molecule has 0 saturated heterocycles. The number of para-hydroxylation sites is 2. The molecule has 2 aliphatic rings. The third-order valence-corrected chi connectivity index (χ3v) is 22.2. The Morgan fingerprint density at radius 3 is 0.827 bits per heavy atom. The van der Waals surface area contributed by atoms with Gasteiger partial charge in [-0.05, 0) is 185 Å². The highest BCUT2D eigenvalue weighted by Gasteiger charge is 2.46. The molecule has 13 aromatic carbocycles. The summed E-state index contributed by atoms with van der Waals surface area (Å²) in [7, 11) is 0. The first-order chi connectivity index (χ1) is 49.7. The predicted molar refractivity (Wildman–Crippen MR) is 449 cm³/mol. The fourth-order valence-corrected chi connectivity index (χ4v) is 16.9. The summed E-state index contributed by atoms with van der Waals surface area (Å²) < 4.78 is 5.13. The molecule has 0 N–H and O–H groups in total.